The number of fused-ring (bicyclic) bond motifs is 1. The zero-order chi connectivity index (χ0) is 14.1. The molecule has 0 radical (unpaired) electrons. The first kappa shape index (κ1) is 12.6. The summed E-state index contributed by atoms with van der Waals surface area (Å²) in [5.41, 5.74) is 5.15. The van der Waals surface area contributed by atoms with E-state index in [-0.39, 0.29) is 11.8 Å². The van der Waals surface area contributed by atoms with E-state index in [1.165, 1.54) is 5.56 Å². The largest absolute Gasteiger partial charge is 0.325 e. The van der Waals surface area contributed by atoms with Crippen LogP contribution in [-0.2, 0) is 4.79 Å². The van der Waals surface area contributed by atoms with E-state index in [0.29, 0.717) is 0 Å². The fraction of sp³-hybridized carbons (Fsp3) is 0.176. The molecule has 20 heavy (non-hydrogen) atoms. The number of carbonyl (C=O) groups excluding carboxylic acids is 1. The zero-order valence-electron chi connectivity index (χ0n) is 11.6. The highest BCUT2D eigenvalue weighted by molar-refractivity contribution is 6.12. The van der Waals surface area contributed by atoms with Crippen LogP contribution in [0.5, 0.6) is 0 Å². The maximum absolute atomic E-state index is 12.0. The Morgan fingerprint density at radius 3 is 2.75 bits per heavy atom. The molecule has 1 aliphatic rings. The van der Waals surface area contributed by atoms with Gasteiger partial charge in [0.2, 0.25) is 5.91 Å². The first-order chi connectivity index (χ1) is 9.66. The second kappa shape index (κ2) is 4.93. The Balaban J connectivity index is 1.93. The van der Waals surface area contributed by atoms with Crippen molar-refractivity contribution < 1.29 is 4.79 Å². The molecule has 1 atom stereocenters. The van der Waals surface area contributed by atoms with Crippen LogP contribution in [-0.4, -0.2) is 12.1 Å². The number of hydrogen-bond acceptors (Lipinski definition) is 2. The van der Waals surface area contributed by atoms with E-state index in [4.69, 9.17) is 0 Å². The number of hydrogen-bond donors (Lipinski definition) is 1. The molecular weight excluding hydrogens is 248 g/mol. The number of benzene rings is 2. The van der Waals surface area contributed by atoms with Gasteiger partial charge in [0.05, 0.1) is 5.69 Å². The minimum absolute atomic E-state index is 0.0137. The molecule has 3 rings (SSSR count). The molecule has 0 saturated carbocycles. The van der Waals surface area contributed by atoms with Crippen LogP contribution < -0.4 is 5.32 Å². The first-order valence-corrected chi connectivity index (χ1v) is 6.67. The van der Waals surface area contributed by atoms with Gasteiger partial charge >= 0.3 is 0 Å². The lowest BCUT2D eigenvalue weighted by atomic mass is 10.0. The lowest BCUT2D eigenvalue weighted by Crippen LogP contribution is -2.12. The number of amides is 1. The predicted octanol–water partition coefficient (Wildman–Crippen LogP) is 3.74. The SMILES string of the molecule is Cc1cccc(N=CC2C(=O)Nc3ccccc32)c1C. The van der Waals surface area contributed by atoms with Gasteiger partial charge in [-0.15, -0.1) is 0 Å². The summed E-state index contributed by atoms with van der Waals surface area (Å²) in [5.74, 6) is -0.314. The number of aliphatic imine (C=N–C) groups is 1. The smallest absolute Gasteiger partial charge is 0.237 e. The van der Waals surface area contributed by atoms with Gasteiger partial charge in [0.15, 0.2) is 0 Å². The number of carbonyl (C=O) groups is 1. The molecule has 1 amide bonds. The number of nitrogens with one attached hydrogen (secondary N) is 1. The summed E-state index contributed by atoms with van der Waals surface area (Å²) in [4.78, 5) is 16.5. The summed E-state index contributed by atoms with van der Waals surface area (Å²) >= 11 is 0. The standard InChI is InChI=1S/C17H16N2O/c1-11-6-5-9-15(12(11)2)18-10-14-13-7-3-4-8-16(13)19-17(14)20/h3-10,14H,1-2H3,(H,19,20). The van der Waals surface area contributed by atoms with Crippen molar-refractivity contribution in [1.82, 2.24) is 0 Å². The summed E-state index contributed by atoms with van der Waals surface area (Å²) in [6.07, 6.45) is 1.74. The highest BCUT2D eigenvalue weighted by Gasteiger charge is 2.28. The van der Waals surface area contributed by atoms with Gasteiger partial charge < -0.3 is 5.32 Å². The molecule has 0 bridgehead atoms. The van der Waals surface area contributed by atoms with Gasteiger partial charge in [-0.3, -0.25) is 9.79 Å². The molecule has 1 heterocycles. The van der Waals surface area contributed by atoms with Crippen LogP contribution in [0.1, 0.15) is 22.6 Å². The van der Waals surface area contributed by atoms with Gasteiger partial charge in [0.1, 0.15) is 5.92 Å². The molecule has 1 aliphatic heterocycles. The fourth-order valence-electron chi connectivity index (χ4n) is 2.41. The van der Waals surface area contributed by atoms with Crippen LogP contribution in [0.25, 0.3) is 0 Å². The Hall–Kier alpha value is -2.42. The molecular formula is C17H16N2O. The van der Waals surface area contributed by atoms with Gasteiger partial charge in [-0.2, -0.15) is 0 Å². The van der Waals surface area contributed by atoms with Crippen LogP contribution >= 0.6 is 0 Å². The predicted molar refractivity (Wildman–Crippen MR) is 81.9 cm³/mol. The quantitative estimate of drug-likeness (QED) is 0.825. The van der Waals surface area contributed by atoms with E-state index in [0.717, 1.165) is 22.5 Å². The molecule has 0 saturated heterocycles. The van der Waals surface area contributed by atoms with E-state index in [9.17, 15) is 4.79 Å². The van der Waals surface area contributed by atoms with E-state index < -0.39 is 0 Å². The molecule has 1 unspecified atom stereocenters. The van der Waals surface area contributed by atoms with E-state index in [1.807, 2.05) is 43.3 Å². The maximum Gasteiger partial charge on any atom is 0.237 e. The van der Waals surface area contributed by atoms with Crippen LogP contribution in [0.15, 0.2) is 47.5 Å². The van der Waals surface area contributed by atoms with Crippen LogP contribution in [0, 0.1) is 13.8 Å². The van der Waals surface area contributed by atoms with Crippen molar-refractivity contribution in [2.45, 2.75) is 19.8 Å². The Kier molecular flexibility index (Phi) is 3.11. The molecule has 100 valence electrons. The van der Waals surface area contributed by atoms with Crippen molar-refractivity contribution in [1.29, 1.82) is 0 Å². The molecule has 2 aromatic rings. The van der Waals surface area contributed by atoms with Crippen molar-refractivity contribution >= 4 is 23.5 Å². The van der Waals surface area contributed by atoms with E-state index >= 15 is 0 Å². The van der Waals surface area contributed by atoms with Crippen molar-refractivity contribution in [2.75, 3.05) is 5.32 Å². The van der Waals surface area contributed by atoms with E-state index in [1.54, 1.807) is 6.21 Å². The van der Waals surface area contributed by atoms with Crippen molar-refractivity contribution in [3.8, 4) is 0 Å². The second-order valence-electron chi connectivity index (χ2n) is 5.05. The summed E-state index contributed by atoms with van der Waals surface area (Å²) in [6, 6.07) is 13.8. The maximum atomic E-state index is 12.0. The first-order valence-electron chi connectivity index (χ1n) is 6.67. The van der Waals surface area contributed by atoms with Gasteiger partial charge in [-0.05, 0) is 42.7 Å². The number of para-hydroxylation sites is 1. The average molecular weight is 264 g/mol. The Morgan fingerprint density at radius 1 is 1.10 bits per heavy atom. The normalized spacial score (nSPS) is 17.3. The highest BCUT2D eigenvalue weighted by Crippen LogP contribution is 2.31. The number of anilines is 1. The second-order valence-corrected chi connectivity index (χ2v) is 5.05. The Morgan fingerprint density at radius 2 is 1.90 bits per heavy atom. The average Bonchev–Trinajstić information content (AvgIpc) is 2.76. The molecule has 0 fully saturated rings. The lowest BCUT2D eigenvalue weighted by molar-refractivity contribution is -0.115. The Labute approximate surface area is 118 Å². The summed E-state index contributed by atoms with van der Waals surface area (Å²) in [6.45, 7) is 4.11. The highest BCUT2D eigenvalue weighted by atomic mass is 16.2. The molecule has 0 aromatic heterocycles. The minimum atomic E-state index is -0.300. The van der Waals surface area contributed by atoms with Gasteiger partial charge in [-0.1, -0.05) is 30.3 Å². The topological polar surface area (TPSA) is 41.5 Å². The van der Waals surface area contributed by atoms with E-state index in [2.05, 4.69) is 23.3 Å². The monoisotopic (exact) mass is 264 g/mol. The fourth-order valence-corrected chi connectivity index (χ4v) is 2.41. The number of aryl methyl sites for hydroxylation is 1. The summed E-state index contributed by atoms with van der Waals surface area (Å²) in [5, 5.41) is 2.88. The van der Waals surface area contributed by atoms with Gasteiger partial charge in [0, 0.05) is 11.9 Å². The van der Waals surface area contributed by atoms with Crippen LogP contribution in [0.2, 0.25) is 0 Å². The lowest BCUT2D eigenvalue weighted by Gasteiger charge is -2.05. The van der Waals surface area contributed by atoms with Crippen LogP contribution in [0.3, 0.4) is 0 Å². The molecule has 0 spiro atoms. The molecule has 2 aromatic carbocycles. The summed E-state index contributed by atoms with van der Waals surface area (Å²) in [7, 11) is 0. The van der Waals surface area contributed by atoms with Crippen LogP contribution in [0.4, 0.5) is 11.4 Å². The summed E-state index contributed by atoms with van der Waals surface area (Å²) < 4.78 is 0. The molecule has 3 heteroatoms. The van der Waals surface area contributed by atoms with Gasteiger partial charge in [-0.25, -0.2) is 0 Å². The molecule has 3 nitrogen and oxygen atoms in total. The third-order valence-corrected chi connectivity index (χ3v) is 3.77. The van der Waals surface area contributed by atoms with Crippen molar-refractivity contribution in [2.24, 2.45) is 4.99 Å². The van der Waals surface area contributed by atoms with Crippen molar-refractivity contribution in [3.05, 3.63) is 59.2 Å². The Bertz CT molecular complexity index is 704. The number of rotatable bonds is 2. The molecule has 0 aliphatic carbocycles. The van der Waals surface area contributed by atoms with Crippen molar-refractivity contribution in [3.63, 3.8) is 0 Å². The third kappa shape index (κ3) is 2.11. The third-order valence-electron chi connectivity index (χ3n) is 3.77. The minimum Gasteiger partial charge on any atom is -0.325 e. The number of nitrogens with zero attached hydrogens (tertiary/aromatic N) is 1. The molecule has 1 N–H and O–H groups in total. The zero-order valence-corrected chi connectivity index (χ0v) is 11.6. The van der Waals surface area contributed by atoms with Gasteiger partial charge in [0.25, 0.3) is 0 Å².